The normalized spacial score (nSPS) is 51.0. The van der Waals surface area contributed by atoms with Gasteiger partial charge in [-0.15, -0.1) is 0 Å². The van der Waals surface area contributed by atoms with Crippen molar-refractivity contribution in [2.75, 3.05) is 0 Å². The van der Waals surface area contributed by atoms with Gasteiger partial charge in [-0.25, -0.2) is 0 Å². The molecule has 0 aliphatic carbocycles. The molecule has 0 radical (unpaired) electrons. The number of hydrogen-bond acceptors (Lipinski definition) is 6. The molecule has 1 aliphatic heterocycles. The summed E-state index contributed by atoms with van der Waals surface area (Å²) in [4.78, 5) is 0. The molecule has 0 saturated carbocycles. The zero-order valence-corrected chi connectivity index (χ0v) is 7.44. The van der Waals surface area contributed by atoms with E-state index in [2.05, 4.69) is 17.9 Å². The third-order valence-corrected chi connectivity index (χ3v) is 2.68. The van der Waals surface area contributed by atoms with E-state index in [1.165, 1.54) is 6.92 Å². The number of nitrogens with one attached hydrogen (secondary N) is 1. The molecular formula is C6H13NO4S. The Kier molecular flexibility index (Phi) is 2.67. The molecule has 0 aromatic carbocycles. The fourth-order valence-corrected chi connectivity index (χ4v) is 1.51. The van der Waals surface area contributed by atoms with Crippen molar-refractivity contribution >= 4 is 12.6 Å². The molecule has 12 heavy (non-hydrogen) atoms. The summed E-state index contributed by atoms with van der Waals surface area (Å²) in [6.45, 7) is 1.31. The Balaban J connectivity index is 2.82. The van der Waals surface area contributed by atoms with Gasteiger partial charge in [0.1, 0.15) is 12.3 Å². The quantitative estimate of drug-likeness (QED) is 0.263. The van der Waals surface area contributed by atoms with Gasteiger partial charge in [-0.2, -0.15) is 12.6 Å². The Morgan fingerprint density at radius 1 is 1.50 bits per heavy atom. The monoisotopic (exact) mass is 195 g/mol. The molecule has 0 bridgehead atoms. The molecule has 72 valence electrons. The van der Waals surface area contributed by atoms with Gasteiger partial charge in [-0.3, -0.25) is 5.32 Å². The molecule has 0 spiro atoms. The van der Waals surface area contributed by atoms with Crippen LogP contribution in [0.4, 0.5) is 0 Å². The highest BCUT2D eigenvalue weighted by Crippen LogP contribution is 2.27. The number of thiol groups is 1. The Labute approximate surface area is 75.4 Å². The van der Waals surface area contributed by atoms with Gasteiger partial charge in [0.2, 0.25) is 0 Å². The van der Waals surface area contributed by atoms with E-state index in [0.29, 0.717) is 0 Å². The third-order valence-electron chi connectivity index (χ3n) is 2.11. The highest BCUT2D eigenvalue weighted by atomic mass is 32.1. The predicted molar refractivity (Wildman–Crippen MR) is 44.6 cm³/mol. The summed E-state index contributed by atoms with van der Waals surface area (Å²) in [6.07, 6.45) is -3.60. The van der Waals surface area contributed by atoms with Crippen LogP contribution < -0.4 is 5.32 Å². The summed E-state index contributed by atoms with van der Waals surface area (Å²) in [5.74, 6) is 0. The zero-order chi connectivity index (χ0) is 9.52. The lowest BCUT2D eigenvalue weighted by Gasteiger charge is -2.29. The van der Waals surface area contributed by atoms with Crippen LogP contribution >= 0.6 is 12.6 Å². The van der Waals surface area contributed by atoms with Crippen molar-refractivity contribution in [2.24, 2.45) is 0 Å². The minimum absolute atomic E-state index is 0.801. The van der Waals surface area contributed by atoms with Crippen LogP contribution in [0.3, 0.4) is 0 Å². The van der Waals surface area contributed by atoms with Crippen molar-refractivity contribution < 1.29 is 20.4 Å². The van der Waals surface area contributed by atoms with Gasteiger partial charge in [-0.05, 0) is 6.92 Å². The van der Waals surface area contributed by atoms with Gasteiger partial charge in [-0.1, -0.05) is 0 Å². The Bertz CT molecular complexity index is 179. The first-order valence-corrected chi connectivity index (χ1v) is 4.13. The lowest BCUT2D eigenvalue weighted by atomic mass is 10.0. The van der Waals surface area contributed by atoms with E-state index in [9.17, 15) is 10.2 Å². The van der Waals surface area contributed by atoms with Gasteiger partial charge in [0.15, 0.2) is 5.72 Å². The average molecular weight is 195 g/mol. The summed E-state index contributed by atoms with van der Waals surface area (Å²) < 4.78 is 0. The van der Waals surface area contributed by atoms with Gasteiger partial charge >= 0.3 is 0 Å². The Hall–Kier alpha value is 0.150. The number of aliphatic hydroxyl groups excluding tert-OH is 3. The molecule has 0 aromatic heterocycles. The third kappa shape index (κ3) is 1.34. The second kappa shape index (κ2) is 3.13. The van der Waals surface area contributed by atoms with E-state index in [4.69, 9.17) is 10.2 Å². The summed E-state index contributed by atoms with van der Waals surface area (Å²) in [7, 11) is 0. The van der Waals surface area contributed by atoms with Crippen LogP contribution in [0.2, 0.25) is 0 Å². The lowest BCUT2D eigenvalue weighted by molar-refractivity contribution is -0.140. The molecule has 1 aliphatic rings. The number of rotatable bonds is 1. The molecular weight excluding hydrogens is 182 g/mol. The first-order chi connectivity index (χ1) is 5.39. The number of aliphatic hydroxyl groups is 4. The standard InChI is InChI=1S/C6H13NO4S/c1-2(8)6(11)4(9)3(12)5(10)7-6/h2-5,7-12H,1H3/t2?,3-,4+,5?,6-/m1/s1. The Morgan fingerprint density at radius 3 is 2.17 bits per heavy atom. The number of hydrogen-bond donors (Lipinski definition) is 6. The van der Waals surface area contributed by atoms with Crippen molar-refractivity contribution in [3.05, 3.63) is 0 Å². The van der Waals surface area contributed by atoms with Crippen LogP contribution in [0.15, 0.2) is 0 Å². The van der Waals surface area contributed by atoms with Gasteiger partial charge in [0.05, 0.1) is 11.4 Å². The maximum absolute atomic E-state index is 9.56. The van der Waals surface area contributed by atoms with Crippen LogP contribution in [-0.2, 0) is 0 Å². The van der Waals surface area contributed by atoms with Crippen molar-refractivity contribution in [2.45, 2.75) is 36.3 Å². The largest absolute Gasteiger partial charge is 0.389 e. The molecule has 1 rings (SSSR count). The average Bonchev–Trinajstić information content (AvgIpc) is 2.17. The highest BCUT2D eigenvalue weighted by molar-refractivity contribution is 7.81. The van der Waals surface area contributed by atoms with Gasteiger partial charge < -0.3 is 20.4 Å². The smallest absolute Gasteiger partial charge is 0.171 e. The van der Waals surface area contributed by atoms with Crippen molar-refractivity contribution in [3.8, 4) is 0 Å². The predicted octanol–water partition coefficient (Wildman–Crippen LogP) is -2.36. The minimum Gasteiger partial charge on any atom is -0.389 e. The molecule has 0 amide bonds. The van der Waals surface area contributed by atoms with Crippen molar-refractivity contribution in [3.63, 3.8) is 0 Å². The zero-order valence-electron chi connectivity index (χ0n) is 6.55. The second-order valence-corrected chi connectivity index (χ2v) is 3.62. The Morgan fingerprint density at radius 2 is 2.00 bits per heavy atom. The highest BCUT2D eigenvalue weighted by Gasteiger charge is 2.52. The van der Waals surface area contributed by atoms with Gasteiger partial charge in [0, 0.05) is 0 Å². The molecule has 1 saturated heterocycles. The fraction of sp³-hybridized carbons (Fsp3) is 1.00. The first-order valence-electron chi connectivity index (χ1n) is 3.62. The van der Waals surface area contributed by atoms with E-state index < -0.39 is 29.4 Å². The second-order valence-electron chi connectivity index (χ2n) is 3.03. The van der Waals surface area contributed by atoms with Crippen LogP contribution in [0, 0.1) is 0 Å². The van der Waals surface area contributed by atoms with Crippen LogP contribution in [-0.4, -0.2) is 49.8 Å². The minimum atomic E-state index is -1.87. The van der Waals surface area contributed by atoms with E-state index in [1.807, 2.05) is 0 Å². The lowest BCUT2D eigenvalue weighted by Crippen LogP contribution is -2.57. The summed E-state index contributed by atoms with van der Waals surface area (Å²) in [5.41, 5.74) is -1.87. The molecule has 6 heteroatoms. The summed E-state index contributed by atoms with van der Waals surface area (Å²) >= 11 is 3.86. The van der Waals surface area contributed by atoms with E-state index in [1.54, 1.807) is 0 Å². The first kappa shape index (κ1) is 10.2. The van der Waals surface area contributed by atoms with Crippen LogP contribution in [0.1, 0.15) is 6.92 Å². The molecule has 1 fully saturated rings. The molecule has 1 heterocycles. The maximum atomic E-state index is 9.56. The van der Waals surface area contributed by atoms with E-state index in [0.717, 1.165) is 0 Å². The summed E-state index contributed by atoms with van der Waals surface area (Å²) in [5, 5.41) is 38.6. The van der Waals surface area contributed by atoms with Crippen molar-refractivity contribution in [1.29, 1.82) is 0 Å². The van der Waals surface area contributed by atoms with Gasteiger partial charge in [0.25, 0.3) is 0 Å². The summed E-state index contributed by atoms with van der Waals surface area (Å²) in [6, 6.07) is 0. The topological polar surface area (TPSA) is 93.0 Å². The fourth-order valence-electron chi connectivity index (χ4n) is 1.21. The SMILES string of the molecule is CC(O)[C@]1(O)NC(O)[C@H](S)[C@@H]1O. The van der Waals surface area contributed by atoms with Crippen LogP contribution in [0.5, 0.6) is 0 Å². The van der Waals surface area contributed by atoms with Crippen molar-refractivity contribution in [1.82, 2.24) is 5.32 Å². The molecule has 5 atom stereocenters. The van der Waals surface area contributed by atoms with Crippen LogP contribution in [0.25, 0.3) is 0 Å². The van der Waals surface area contributed by atoms with E-state index in [-0.39, 0.29) is 0 Å². The molecule has 5 nitrogen and oxygen atoms in total. The molecule has 5 N–H and O–H groups in total. The maximum Gasteiger partial charge on any atom is 0.171 e. The van der Waals surface area contributed by atoms with E-state index >= 15 is 0 Å². The molecule has 0 aromatic rings. The molecule has 2 unspecified atom stereocenters.